The Hall–Kier alpha value is -1.88. The lowest BCUT2D eigenvalue weighted by Crippen LogP contribution is -2.47. The maximum Gasteiger partial charge on any atom is 0.304 e. The minimum Gasteiger partial charge on any atom is -0.444 e. The molecule has 1 amide bonds. The summed E-state index contributed by atoms with van der Waals surface area (Å²) in [6.45, 7) is 3.02. The molecule has 5 heteroatoms. The number of esters is 1. The van der Waals surface area contributed by atoms with Gasteiger partial charge in [0.1, 0.15) is 0 Å². The van der Waals surface area contributed by atoms with Crippen molar-refractivity contribution in [2.75, 3.05) is 24.7 Å². The molecule has 1 aromatic carbocycles. The zero-order valence-corrected chi connectivity index (χ0v) is 11.5. The summed E-state index contributed by atoms with van der Waals surface area (Å²) in [5.41, 5.74) is 1.50. The number of nitrogens with one attached hydrogen (secondary N) is 1. The topological polar surface area (TPSA) is 58.6 Å². The van der Waals surface area contributed by atoms with Crippen molar-refractivity contribution in [3.8, 4) is 0 Å². The van der Waals surface area contributed by atoms with E-state index in [1.54, 1.807) is 4.90 Å². The van der Waals surface area contributed by atoms with Crippen LogP contribution >= 0.6 is 0 Å². The highest BCUT2D eigenvalue weighted by molar-refractivity contribution is 6.08. The highest BCUT2D eigenvalue weighted by Crippen LogP contribution is 2.46. The fourth-order valence-electron chi connectivity index (χ4n) is 3.22. The number of benzene rings is 1. The van der Waals surface area contributed by atoms with Crippen LogP contribution in [0.5, 0.6) is 0 Å². The van der Waals surface area contributed by atoms with Gasteiger partial charge in [0.15, 0.2) is 6.73 Å². The van der Waals surface area contributed by atoms with Gasteiger partial charge >= 0.3 is 5.97 Å². The molecule has 0 bridgehead atoms. The lowest BCUT2D eigenvalue weighted by Gasteiger charge is -2.32. The molecule has 2 heterocycles. The SMILES string of the molecule is CC(=O)OCN1C(=O)C2(CCNCC2)c2ccccc21. The number of rotatable bonds is 2. The van der Waals surface area contributed by atoms with Crippen LogP contribution in [0.15, 0.2) is 24.3 Å². The zero-order chi connectivity index (χ0) is 14.2. The van der Waals surface area contributed by atoms with Crippen molar-refractivity contribution in [3.05, 3.63) is 29.8 Å². The van der Waals surface area contributed by atoms with Gasteiger partial charge in [-0.3, -0.25) is 14.5 Å². The molecule has 0 radical (unpaired) electrons. The minimum atomic E-state index is -0.442. The molecule has 1 N–H and O–H groups in total. The molecule has 0 atom stereocenters. The number of carbonyl (C=O) groups excluding carboxylic acids is 2. The third kappa shape index (κ3) is 1.89. The fourth-order valence-corrected chi connectivity index (χ4v) is 3.22. The first-order valence-corrected chi connectivity index (χ1v) is 6.91. The summed E-state index contributed by atoms with van der Waals surface area (Å²) < 4.78 is 5.04. The first-order valence-electron chi connectivity index (χ1n) is 6.91. The Labute approximate surface area is 117 Å². The van der Waals surface area contributed by atoms with Crippen LogP contribution in [0.1, 0.15) is 25.3 Å². The Morgan fingerprint density at radius 3 is 2.75 bits per heavy atom. The maximum absolute atomic E-state index is 12.9. The second kappa shape index (κ2) is 4.90. The molecule has 3 rings (SSSR count). The summed E-state index contributed by atoms with van der Waals surface area (Å²) in [4.78, 5) is 25.5. The van der Waals surface area contributed by atoms with E-state index in [0.29, 0.717) is 0 Å². The third-order valence-electron chi connectivity index (χ3n) is 4.22. The van der Waals surface area contributed by atoms with Gasteiger partial charge < -0.3 is 10.1 Å². The molecule has 5 nitrogen and oxygen atoms in total. The van der Waals surface area contributed by atoms with Crippen molar-refractivity contribution >= 4 is 17.6 Å². The number of ether oxygens (including phenoxy) is 1. The normalized spacial score (nSPS) is 20.1. The van der Waals surface area contributed by atoms with Gasteiger partial charge in [-0.25, -0.2) is 0 Å². The maximum atomic E-state index is 12.9. The number of para-hydroxylation sites is 1. The molecular weight excluding hydrogens is 256 g/mol. The number of hydrogen-bond donors (Lipinski definition) is 1. The average Bonchev–Trinajstić information content (AvgIpc) is 2.68. The molecule has 1 aromatic rings. The van der Waals surface area contributed by atoms with E-state index in [9.17, 15) is 9.59 Å². The number of hydrogen-bond acceptors (Lipinski definition) is 4. The van der Waals surface area contributed by atoms with E-state index in [2.05, 4.69) is 5.32 Å². The van der Waals surface area contributed by atoms with Gasteiger partial charge in [0.05, 0.1) is 11.1 Å². The van der Waals surface area contributed by atoms with E-state index in [1.165, 1.54) is 6.92 Å². The monoisotopic (exact) mass is 274 g/mol. The summed E-state index contributed by atoms with van der Waals surface area (Å²) >= 11 is 0. The Morgan fingerprint density at radius 1 is 1.35 bits per heavy atom. The van der Waals surface area contributed by atoms with Gasteiger partial charge in [0.2, 0.25) is 5.91 Å². The number of anilines is 1. The quantitative estimate of drug-likeness (QED) is 0.823. The van der Waals surface area contributed by atoms with E-state index in [1.807, 2.05) is 24.3 Å². The van der Waals surface area contributed by atoms with Gasteiger partial charge in [-0.05, 0) is 37.6 Å². The van der Waals surface area contributed by atoms with Crippen LogP contribution in [-0.2, 0) is 19.7 Å². The molecule has 0 saturated carbocycles. The standard InChI is InChI=1S/C15H18N2O3/c1-11(18)20-10-17-13-5-3-2-4-12(13)15(14(17)19)6-8-16-9-7-15/h2-5,16H,6-10H2,1H3. The van der Waals surface area contributed by atoms with Crippen LogP contribution in [0.3, 0.4) is 0 Å². The predicted octanol–water partition coefficient (Wildman–Crippen LogP) is 1.17. The van der Waals surface area contributed by atoms with E-state index in [4.69, 9.17) is 4.74 Å². The van der Waals surface area contributed by atoms with Crippen molar-refractivity contribution in [3.63, 3.8) is 0 Å². The van der Waals surface area contributed by atoms with Gasteiger partial charge in [-0.1, -0.05) is 18.2 Å². The van der Waals surface area contributed by atoms with Gasteiger partial charge in [0, 0.05) is 6.92 Å². The number of fused-ring (bicyclic) bond motifs is 2. The van der Waals surface area contributed by atoms with Crippen LogP contribution in [0.2, 0.25) is 0 Å². The summed E-state index contributed by atoms with van der Waals surface area (Å²) in [6, 6.07) is 7.82. The van der Waals surface area contributed by atoms with E-state index in [-0.39, 0.29) is 18.6 Å². The molecule has 1 spiro atoms. The Balaban J connectivity index is 1.98. The summed E-state index contributed by atoms with van der Waals surface area (Å²) in [5.74, 6) is -0.317. The van der Waals surface area contributed by atoms with Crippen molar-refractivity contribution in [1.29, 1.82) is 0 Å². The number of carbonyl (C=O) groups is 2. The van der Waals surface area contributed by atoms with Crippen molar-refractivity contribution in [2.45, 2.75) is 25.2 Å². The predicted molar refractivity (Wildman–Crippen MR) is 74.3 cm³/mol. The second-order valence-corrected chi connectivity index (χ2v) is 5.35. The van der Waals surface area contributed by atoms with Crippen LogP contribution in [0.25, 0.3) is 0 Å². The first-order chi connectivity index (χ1) is 9.65. The van der Waals surface area contributed by atoms with Crippen LogP contribution in [-0.4, -0.2) is 31.7 Å². The molecule has 106 valence electrons. The highest BCUT2D eigenvalue weighted by Gasteiger charge is 2.51. The molecule has 2 aliphatic rings. The Bertz CT molecular complexity index is 550. The molecule has 0 aliphatic carbocycles. The molecular formula is C15H18N2O3. The Morgan fingerprint density at radius 2 is 2.05 bits per heavy atom. The van der Waals surface area contributed by atoms with E-state index in [0.717, 1.165) is 37.2 Å². The average molecular weight is 274 g/mol. The van der Waals surface area contributed by atoms with E-state index < -0.39 is 5.41 Å². The summed E-state index contributed by atoms with van der Waals surface area (Å²) in [7, 11) is 0. The molecule has 2 aliphatic heterocycles. The largest absolute Gasteiger partial charge is 0.444 e. The van der Waals surface area contributed by atoms with Crippen molar-refractivity contribution < 1.29 is 14.3 Å². The van der Waals surface area contributed by atoms with Crippen LogP contribution in [0.4, 0.5) is 5.69 Å². The van der Waals surface area contributed by atoms with Crippen molar-refractivity contribution in [2.24, 2.45) is 0 Å². The second-order valence-electron chi connectivity index (χ2n) is 5.35. The number of piperidine rings is 1. The summed E-state index contributed by atoms with van der Waals surface area (Å²) in [5, 5.41) is 3.30. The minimum absolute atomic E-state index is 0.000356. The smallest absolute Gasteiger partial charge is 0.304 e. The number of nitrogens with zero attached hydrogens (tertiary/aromatic N) is 1. The molecule has 20 heavy (non-hydrogen) atoms. The van der Waals surface area contributed by atoms with Crippen LogP contribution in [0, 0.1) is 0 Å². The molecule has 1 saturated heterocycles. The third-order valence-corrected chi connectivity index (χ3v) is 4.22. The van der Waals surface area contributed by atoms with Gasteiger partial charge in [-0.2, -0.15) is 0 Å². The van der Waals surface area contributed by atoms with Crippen molar-refractivity contribution in [1.82, 2.24) is 5.32 Å². The first kappa shape index (κ1) is 13.1. The molecule has 0 unspecified atom stereocenters. The van der Waals surface area contributed by atoms with Gasteiger partial charge in [0.25, 0.3) is 0 Å². The van der Waals surface area contributed by atoms with Crippen LogP contribution < -0.4 is 10.2 Å². The summed E-state index contributed by atoms with van der Waals surface area (Å²) in [6.07, 6.45) is 1.58. The Kier molecular flexibility index (Phi) is 3.22. The fraction of sp³-hybridized carbons (Fsp3) is 0.467. The lowest BCUT2D eigenvalue weighted by molar-refractivity contribution is -0.141. The highest BCUT2D eigenvalue weighted by atomic mass is 16.5. The number of amides is 1. The lowest BCUT2D eigenvalue weighted by atomic mass is 9.74. The van der Waals surface area contributed by atoms with E-state index >= 15 is 0 Å². The van der Waals surface area contributed by atoms with Gasteiger partial charge in [-0.15, -0.1) is 0 Å². The molecule has 1 fully saturated rings. The molecule has 0 aromatic heterocycles. The zero-order valence-electron chi connectivity index (χ0n) is 11.5.